The van der Waals surface area contributed by atoms with Crippen molar-refractivity contribution in [3.8, 4) is 0 Å². The molecular weight excluding hydrogens is 350 g/mol. The van der Waals surface area contributed by atoms with E-state index < -0.39 is 10.0 Å². The van der Waals surface area contributed by atoms with Gasteiger partial charge in [0.1, 0.15) is 0 Å². The van der Waals surface area contributed by atoms with Crippen molar-refractivity contribution < 1.29 is 13.2 Å². The van der Waals surface area contributed by atoms with Gasteiger partial charge in [0, 0.05) is 44.2 Å². The van der Waals surface area contributed by atoms with Crippen molar-refractivity contribution in [2.45, 2.75) is 12.2 Å². The lowest BCUT2D eigenvalue weighted by Crippen LogP contribution is -2.51. The van der Waals surface area contributed by atoms with Crippen LogP contribution in [0.3, 0.4) is 0 Å². The van der Waals surface area contributed by atoms with Crippen LogP contribution in [0.4, 0.5) is 0 Å². The molecule has 6 nitrogen and oxygen atoms in total. The van der Waals surface area contributed by atoms with E-state index in [2.05, 4.69) is 0 Å². The van der Waals surface area contributed by atoms with E-state index in [9.17, 15) is 13.2 Å². The third-order valence-electron chi connectivity index (χ3n) is 4.05. The molecule has 1 aliphatic heterocycles. The second-order valence-electron chi connectivity index (χ2n) is 6.18. The number of hydrogen-bond acceptors (Lipinski definition) is 4. The van der Waals surface area contributed by atoms with Gasteiger partial charge in [0.2, 0.25) is 15.9 Å². The zero-order valence-electron chi connectivity index (χ0n) is 14.1. The Hall–Kier alpha value is -1.15. The monoisotopic (exact) mass is 373 g/mol. The van der Waals surface area contributed by atoms with Crippen LogP contribution in [0.25, 0.3) is 0 Å². The standard InChI is InChI=1S/C16H24ClN3O3S/c1-18(2)8-7-16(21)19-9-11-20(12-10-19)24(22,23)13-14-5-3-4-6-15(14)17/h3-6H,7-13H2,1-2H3. The molecule has 134 valence electrons. The van der Waals surface area contributed by atoms with Gasteiger partial charge in [0.15, 0.2) is 0 Å². The van der Waals surface area contributed by atoms with E-state index in [1.54, 1.807) is 29.2 Å². The molecule has 1 amide bonds. The molecule has 1 fully saturated rings. The molecule has 1 aromatic rings. The smallest absolute Gasteiger partial charge is 0.223 e. The predicted molar refractivity (Wildman–Crippen MR) is 95.4 cm³/mol. The fourth-order valence-electron chi connectivity index (χ4n) is 2.60. The molecule has 0 aliphatic carbocycles. The minimum absolute atomic E-state index is 0.0758. The van der Waals surface area contributed by atoms with Crippen LogP contribution >= 0.6 is 11.6 Å². The highest BCUT2D eigenvalue weighted by Gasteiger charge is 2.29. The first kappa shape index (κ1) is 19.2. The number of piperazine rings is 1. The van der Waals surface area contributed by atoms with E-state index in [-0.39, 0.29) is 11.7 Å². The minimum atomic E-state index is -3.43. The molecule has 1 heterocycles. The van der Waals surface area contributed by atoms with Gasteiger partial charge in [-0.15, -0.1) is 0 Å². The quantitative estimate of drug-likeness (QED) is 0.753. The van der Waals surface area contributed by atoms with Gasteiger partial charge in [-0.2, -0.15) is 4.31 Å². The van der Waals surface area contributed by atoms with Gasteiger partial charge in [0.25, 0.3) is 0 Å². The zero-order valence-corrected chi connectivity index (χ0v) is 15.7. The number of carbonyl (C=O) groups is 1. The Morgan fingerprint density at radius 3 is 2.38 bits per heavy atom. The van der Waals surface area contributed by atoms with Crippen molar-refractivity contribution in [3.63, 3.8) is 0 Å². The highest BCUT2D eigenvalue weighted by molar-refractivity contribution is 7.88. The fraction of sp³-hybridized carbons (Fsp3) is 0.562. The molecule has 0 spiro atoms. The van der Waals surface area contributed by atoms with Crippen molar-refractivity contribution >= 4 is 27.5 Å². The molecule has 1 aliphatic rings. The lowest BCUT2D eigenvalue weighted by Gasteiger charge is -2.34. The average molecular weight is 374 g/mol. The van der Waals surface area contributed by atoms with E-state index in [1.807, 2.05) is 19.0 Å². The molecule has 0 bridgehead atoms. The summed E-state index contributed by atoms with van der Waals surface area (Å²) < 4.78 is 26.6. The summed E-state index contributed by atoms with van der Waals surface area (Å²) in [5.74, 6) is -0.0341. The van der Waals surface area contributed by atoms with E-state index in [4.69, 9.17) is 11.6 Å². The predicted octanol–water partition coefficient (Wildman–Crippen LogP) is 1.27. The Morgan fingerprint density at radius 1 is 1.17 bits per heavy atom. The van der Waals surface area contributed by atoms with Crippen LogP contribution in [0, 0.1) is 0 Å². The molecule has 0 radical (unpaired) electrons. The van der Waals surface area contributed by atoms with E-state index in [0.717, 1.165) is 0 Å². The molecule has 24 heavy (non-hydrogen) atoms. The minimum Gasteiger partial charge on any atom is -0.340 e. The van der Waals surface area contributed by atoms with Gasteiger partial charge < -0.3 is 9.80 Å². The number of amides is 1. The maximum absolute atomic E-state index is 12.6. The Kier molecular flexibility index (Phi) is 6.62. The number of hydrogen-bond donors (Lipinski definition) is 0. The highest BCUT2D eigenvalue weighted by atomic mass is 35.5. The Balaban J connectivity index is 1.91. The van der Waals surface area contributed by atoms with Crippen molar-refractivity contribution in [2.24, 2.45) is 0 Å². The number of nitrogens with zero attached hydrogens (tertiary/aromatic N) is 3. The van der Waals surface area contributed by atoms with Crippen LogP contribution in [0.2, 0.25) is 5.02 Å². The molecule has 0 unspecified atom stereocenters. The van der Waals surface area contributed by atoms with Crippen LogP contribution in [0.1, 0.15) is 12.0 Å². The molecule has 2 rings (SSSR count). The number of rotatable bonds is 6. The molecule has 1 saturated heterocycles. The maximum Gasteiger partial charge on any atom is 0.223 e. The normalized spacial score (nSPS) is 16.6. The number of halogens is 1. The first-order chi connectivity index (χ1) is 11.3. The van der Waals surface area contributed by atoms with Crippen molar-refractivity contribution in [3.05, 3.63) is 34.9 Å². The molecule has 8 heteroatoms. The summed E-state index contributed by atoms with van der Waals surface area (Å²) in [6.45, 7) is 2.24. The van der Waals surface area contributed by atoms with Crippen LogP contribution < -0.4 is 0 Å². The first-order valence-corrected chi connectivity index (χ1v) is 9.92. The molecular formula is C16H24ClN3O3S. The lowest BCUT2D eigenvalue weighted by atomic mass is 10.2. The van der Waals surface area contributed by atoms with Crippen LogP contribution in [-0.4, -0.2) is 75.2 Å². The van der Waals surface area contributed by atoms with Gasteiger partial charge in [-0.1, -0.05) is 29.8 Å². The van der Waals surface area contributed by atoms with Crippen LogP contribution in [0.5, 0.6) is 0 Å². The van der Waals surface area contributed by atoms with Crippen LogP contribution in [-0.2, 0) is 20.6 Å². The first-order valence-electron chi connectivity index (χ1n) is 7.93. The summed E-state index contributed by atoms with van der Waals surface area (Å²) in [4.78, 5) is 15.8. The molecule has 0 saturated carbocycles. The van der Waals surface area contributed by atoms with Gasteiger partial charge in [-0.05, 0) is 25.7 Å². The van der Waals surface area contributed by atoms with Gasteiger partial charge in [-0.3, -0.25) is 4.79 Å². The van der Waals surface area contributed by atoms with Crippen LogP contribution in [0.15, 0.2) is 24.3 Å². The second-order valence-corrected chi connectivity index (χ2v) is 8.56. The summed E-state index contributed by atoms with van der Waals surface area (Å²) in [7, 11) is 0.415. The number of carbonyl (C=O) groups excluding carboxylic acids is 1. The van der Waals surface area contributed by atoms with Crippen molar-refractivity contribution in [1.29, 1.82) is 0 Å². The Bertz CT molecular complexity index is 671. The van der Waals surface area contributed by atoms with E-state index >= 15 is 0 Å². The molecule has 0 aromatic heterocycles. The van der Waals surface area contributed by atoms with Gasteiger partial charge >= 0.3 is 0 Å². The Labute approximate surface area is 149 Å². The van der Waals surface area contributed by atoms with Crippen molar-refractivity contribution in [2.75, 3.05) is 46.8 Å². The maximum atomic E-state index is 12.6. The third-order valence-corrected chi connectivity index (χ3v) is 6.25. The summed E-state index contributed by atoms with van der Waals surface area (Å²) >= 11 is 6.05. The largest absolute Gasteiger partial charge is 0.340 e. The summed E-state index contributed by atoms with van der Waals surface area (Å²) in [6.07, 6.45) is 0.458. The molecule has 1 aromatic carbocycles. The highest BCUT2D eigenvalue weighted by Crippen LogP contribution is 2.20. The van der Waals surface area contributed by atoms with Gasteiger partial charge in [-0.25, -0.2) is 8.42 Å². The third kappa shape index (κ3) is 5.17. The average Bonchev–Trinajstić information content (AvgIpc) is 2.54. The SMILES string of the molecule is CN(C)CCC(=O)N1CCN(S(=O)(=O)Cc2ccccc2Cl)CC1. The lowest BCUT2D eigenvalue weighted by molar-refractivity contribution is -0.132. The zero-order chi connectivity index (χ0) is 17.7. The topological polar surface area (TPSA) is 60.9 Å². The summed E-state index contributed by atoms with van der Waals surface area (Å²) in [5, 5.41) is 0.457. The number of sulfonamides is 1. The van der Waals surface area contributed by atoms with E-state index in [1.165, 1.54) is 4.31 Å². The summed E-state index contributed by atoms with van der Waals surface area (Å²) in [6, 6.07) is 6.96. The number of benzene rings is 1. The molecule has 0 atom stereocenters. The van der Waals surface area contributed by atoms with Crippen molar-refractivity contribution in [1.82, 2.24) is 14.1 Å². The molecule has 0 N–H and O–H groups in total. The Morgan fingerprint density at radius 2 is 1.79 bits per heavy atom. The fourth-order valence-corrected chi connectivity index (χ4v) is 4.43. The van der Waals surface area contributed by atoms with E-state index in [0.29, 0.717) is 49.7 Å². The summed E-state index contributed by atoms with van der Waals surface area (Å²) in [5.41, 5.74) is 0.601. The van der Waals surface area contributed by atoms with Gasteiger partial charge in [0.05, 0.1) is 5.75 Å². The second kappa shape index (κ2) is 8.29.